The number of rotatable bonds is 2. The molecule has 0 aromatic heterocycles. The molecule has 0 N–H and O–H groups in total. The molecule has 6 heavy (non-hydrogen) atoms. The molecule has 0 rings (SSSR count). The van der Waals surface area contributed by atoms with Gasteiger partial charge in [0.25, 0.3) is 0 Å². The fourth-order valence-electron chi connectivity index (χ4n) is 0.408. The van der Waals surface area contributed by atoms with E-state index in [1.807, 2.05) is 0 Å². The molecule has 0 fully saturated rings. The molecular formula is C5H12Ge. The molecule has 0 unspecified atom stereocenters. The van der Waals surface area contributed by atoms with Crippen molar-refractivity contribution in [1.29, 1.82) is 0 Å². The molecule has 0 aliphatic carbocycles. The van der Waals surface area contributed by atoms with E-state index in [9.17, 15) is 0 Å². The van der Waals surface area contributed by atoms with Gasteiger partial charge in [0.05, 0.1) is 0 Å². The van der Waals surface area contributed by atoms with Crippen molar-refractivity contribution in [3.63, 3.8) is 0 Å². The van der Waals surface area contributed by atoms with Gasteiger partial charge in [0, 0.05) is 0 Å². The van der Waals surface area contributed by atoms with E-state index >= 15 is 0 Å². The predicted octanol–water partition coefficient (Wildman–Crippen LogP) is 1.96. The Hall–Kier alpha value is 0.543. The van der Waals surface area contributed by atoms with Crippen molar-refractivity contribution in [3.8, 4) is 0 Å². The van der Waals surface area contributed by atoms with Crippen LogP contribution in [-0.4, -0.2) is 15.4 Å². The summed E-state index contributed by atoms with van der Waals surface area (Å²) in [5.41, 5.74) is 0. The van der Waals surface area contributed by atoms with Crippen LogP contribution in [0.15, 0.2) is 0 Å². The molecule has 1 heteroatoms. The number of hydrogen-bond donors (Lipinski definition) is 0. The van der Waals surface area contributed by atoms with E-state index in [0.717, 1.165) is 4.75 Å². The molecular weight excluding hydrogens is 133 g/mol. The monoisotopic (exact) mass is 146 g/mol. The third-order valence-electron chi connectivity index (χ3n) is 0.612. The van der Waals surface area contributed by atoms with Crippen molar-refractivity contribution in [1.82, 2.24) is 0 Å². The summed E-state index contributed by atoms with van der Waals surface area (Å²) in [6, 6.07) is 0. The third kappa shape index (κ3) is 4.54. The normalized spacial score (nSPS) is 10.0. The minimum atomic E-state index is 0.458. The molecule has 0 saturated carbocycles. The van der Waals surface area contributed by atoms with Gasteiger partial charge in [-0.1, -0.05) is 0 Å². The molecule has 0 atom stereocenters. The number of hydrogen-bond acceptors (Lipinski definition) is 0. The van der Waals surface area contributed by atoms with Crippen LogP contribution in [0.2, 0.25) is 10.0 Å². The zero-order valence-corrected chi connectivity index (χ0v) is 6.88. The van der Waals surface area contributed by atoms with Crippen molar-refractivity contribution < 1.29 is 0 Å². The Morgan fingerprint density at radius 2 is 2.00 bits per heavy atom. The zero-order chi connectivity index (χ0) is 4.99. The van der Waals surface area contributed by atoms with E-state index in [4.69, 9.17) is 0 Å². The van der Waals surface area contributed by atoms with Crippen LogP contribution in [0.1, 0.15) is 20.8 Å². The SMILES string of the molecule is C[CH2][Ge][CH](C)C. The van der Waals surface area contributed by atoms with Gasteiger partial charge < -0.3 is 0 Å². The van der Waals surface area contributed by atoms with E-state index < -0.39 is 0 Å². The summed E-state index contributed by atoms with van der Waals surface area (Å²) < 4.78 is 1.02. The van der Waals surface area contributed by atoms with Gasteiger partial charge in [-0.25, -0.2) is 0 Å². The molecule has 0 bridgehead atoms. The average molecular weight is 145 g/mol. The average Bonchev–Trinajstić information content (AvgIpc) is 1.35. The van der Waals surface area contributed by atoms with E-state index in [2.05, 4.69) is 20.8 Å². The summed E-state index contributed by atoms with van der Waals surface area (Å²) in [6.07, 6.45) is 0. The molecule has 36 valence electrons. The van der Waals surface area contributed by atoms with Gasteiger partial charge >= 0.3 is 46.2 Å². The van der Waals surface area contributed by atoms with Gasteiger partial charge in [-0.3, -0.25) is 0 Å². The Kier molecular flexibility index (Phi) is 4.06. The molecule has 2 radical (unpaired) electrons. The van der Waals surface area contributed by atoms with Gasteiger partial charge in [-0.15, -0.1) is 0 Å². The Balaban J connectivity index is 2.63. The molecule has 0 heterocycles. The molecule has 0 aromatic carbocycles. The first kappa shape index (κ1) is 6.54. The fourth-order valence-corrected chi connectivity index (χ4v) is 2.12. The van der Waals surface area contributed by atoms with Crippen LogP contribution >= 0.6 is 0 Å². The zero-order valence-electron chi connectivity index (χ0n) is 4.78. The molecule has 0 spiro atoms. The maximum absolute atomic E-state index is 2.31. The topological polar surface area (TPSA) is 0 Å². The summed E-state index contributed by atoms with van der Waals surface area (Å²) in [6.45, 7) is 6.90. The fraction of sp³-hybridized carbons (Fsp3) is 1.00. The predicted molar refractivity (Wildman–Crippen MR) is 31.3 cm³/mol. The molecule has 0 aromatic rings. The molecule has 0 saturated heterocycles. The van der Waals surface area contributed by atoms with Crippen LogP contribution in [0.3, 0.4) is 0 Å². The van der Waals surface area contributed by atoms with Crippen molar-refractivity contribution in [3.05, 3.63) is 0 Å². The molecule has 0 nitrogen and oxygen atoms in total. The summed E-state index contributed by atoms with van der Waals surface area (Å²) in [5, 5.41) is 1.46. The van der Waals surface area contributed by atoms with Crippen molar-refractivity contribution in [2.45, 2.75) is 30.8 Å². The summed E-state index contributed by atoms with van der Waals surface area (Å²) in [4.78, 5) is 0. The van der Waals surface area contributed by atoms with Crippen molar-refractivity contribution >= 4 is 15.4 Å². The summed E-state index contributed by atoms with van der Waals surface area (Å²) in [7, 11) is 0. The Morgan fingerprint density at radius 3 is 2.00 bits per heavy atom. The van der Waals surface area contributed by atoms with Crippen LogP contribution in [-0.2, 0) is 0 Å². The van der Waals surface area contributed by atoms with Gasteiger partial charge in [0.2, 0.25) is 0 Å². The van der Waals surface area contributed by atoms with Gasteiger partial charge in [-0.05, 0) is 0 Å². The van der Waals surface area contributed by atoms with Crippen LogP contribution in [0.4, 0.5) is 0 Å². The van der Waals surface area contributed by atoms with Crippen LogP contribution in [0.5, 0.6) is 0 Å². The van der Waals surface area contributed by atoms with Crippen LogP contribution in [0, 0.1) is 0 Å². The maximum atomic E-state index is 2.31. The molecule has 0 amide bonds. The third-order valence-corrected chi connectivity index (χ3v) is 3.18. The van der Waals surface area contributed by atoms with E-state index in [0.29, 0.717) is 15.4 Å². The summed E-state index contributed by atoms with van der Waals surface area (Å²) in [5.74, 6) is 0. The first-order valence-corrected chi connectivity index (χ1v) is 5.20. The quantitative estimate of drug-likeness (QED) is 0.520. The first-order chi connectivity index (χ1) is 2.77. The van der Waals surface area contributed by atoms with Gasteiger partial charge in [-0.2, -0.15) is 0 Å². The second kappa shape index (κ2) is 3.72. The van der Waals surface area contributed by atoms with E-state index in [-0.39, 0.29) is 0 Å². The molecule has 0 aliphatic rings. The van der Waals surface area contributed by atoms with Crippen LogP contribution < -0.4 is 0 Å². The second-order valence-electron chi connectivity index (χ2n) is 1.71. The van der Waals surface area contributed by atoms with Crippen molar-refractivity contribution in [2.75, 3.05) is 0 Å². The van der Waals surface area contributed by atoms with Gasteiger partial charge in [0.1, 0.15) is 0 Å². The standard InChI is InChI=1S/C5H12Ge/c1-4-6-5(2)3/h5H,4H2,1-3H3. The Morgan fingerprint density at radius 1 is 1.50 bits per heavy atom. The minimum absolute atomic E-state index is 0.458. The van der Waals surface area contributed by atoms with E-state index in [1.165, 1.54) is 5.25 Å². The first-order valence-electron chi connectivity index (χ1n) is 2.50. The molecule has 0 aliphatic heterocycles. The van der Waals surface area contributed by atoms with E-state index in [1.54, 1.807) is 0 Å². The van der Waals surface area contributed by atoms with Gasteiger partial charge in [0.15, 0.2) is 0 Å². The van der Waals surface area contributed by atoms with Crippen LogP contribution in [0.25, 0.3) is 0 Å². The summed E-state index contributed by atoms with van der Waals surface area (Å²) >= 11 is 0.458. The Labute approximate surface area is 46.8 Å². The second-order valence-corrected chi connectivity index (χ2v) is 6.48. The Bertz CT molecular complexity index is 25.1. The van der Waals surface area contributed by atoms with Crippen molar-refractivity contribution in [2.24, 2.45) is 0 Å².